The molecule has 1 fully saturated rings. The fourth-order valence-corrected chi connectivity index (χ4v) is 2.63. The fourth-order valence-electron chi connectivity index (χ4n) is 2.63. The summed E-state index contributed by atoms with van der Waals surface area (Å²) in [5, 5.41) is 5.28. The number of hydrogen-bond acceptors (Lipinski definition) is 2. The second kappa shape index (κ2) is 6.39. The molecule has 4 nitrogen and oxygen atoms in total. The van der Waals surface area contributed by atoms with Crippen molar-refractivity contribution < 1.29 is 18.4 Å². The van der Waals surface area contributed by atoms with Crippen LogP contribution in [0.1, 0.15) is 28.8 Å². The number of carbonyl (C=O) groups is 2. The molecule has 0 aliphatic heterocycles. The second-order valence-corrected chi connectivity index (χ2v) is 5.84. The Labute approximate surface area is 137 Å². The molecule has 24 heavy (non-hydrogen) atoms. The van der Waals surface area contributed by atoms with Gasteiger partial charge in [0.05, 0.1) is 12.1 Å². The molecule has 1 aliphatic rings. The Kier molecular flexibility index (Phi) is 4.29. The predicted octanol–water partition coefficient (Wildman–Crippen LogP) is 2.50. The molecule has 2 N–H and O–H groups in total. The van der Waals surface area contributed by atoms with Crippen LogP contribution in [0.2, 0.25) is 0 Å². The van der Waals surface area contributed by atoms with Gasteiger partial charge in [0.1, 0.15) is 11.6 Å². The number of rotatable bonds is 5. The molecule has 0 bridgehead atoms. The molecule has 0 atom stereocenters. The van der Waals surface area contributed by atoms with Crippen molar-refractivity contribution in [1.82, 2.24) is 10.6 Å². The maximum absolute atomic E-state index is 13.1. The van der Waals surface area contributed by atoms with Gasteiger partial charge in [-0.1, -0.05) is 30.3 Å². The Balaban J connectivity index is 1.57. The zero-order valence-electron chi connectivity index (χ0n) is 12.8. The lowest BCUT2D eigenvalue weighted by molar-refractivity contribution is -0.121. The van der Waals surface area contributed by atoms with Crippen molar-refractivity contribution in [3.63, 3.8) is 0 Å². The van der Waals surface area contributed by atoms with Crippen molar-refractivity contribution in [2.45, 2.75) is 18.4 Å². The third-order valence-corrected chi connectivity index (χ3v) is 3.99. The molecule has 1 aliphatic carbocycles. The number of carbonyl (C=O) groups excluding carboxylic acids is 2. The summed E-state index contributed by atoms with van der Waals surface area (Å²) in [5.74, 6) is -2.73. The smallest absolute Gasteiger partial charge is 0.251 e. The van der Waals surface area contributed by atoms with Crippen molar-refractivity contribution in [3.8, 4) is 0 Å². The van der Waals surface area contributed by atoms with E-state index in [2.05, 4.69) is 10.6 Å². The van der Waals surface area contributed by atoms with E-state index in [4.69, 9.17) is 0 Å². The number of hydrogen-bond donors (Lipinski definition) is 2. The summed E-state index contributed by atoms with van der Waals surface area (Å²) in [4.78, 5) is 23.9. The minimum absolute atomic E-state index is 0.163. The van der Waals surface area contributed by atoms with Gasteiger partial charge in [-0.2, -0.15) is 0 Å². The molecule has 0 spiro atoms. The van der Waals surface area contributed by atoms with E-state index in [1.165, 1.54) is 0 Å². The highest BCUT2D eigenvalue weighted by atomic mass is 19.1. The Hall–Kier alpha value is -2.76. The van der Waals surface area contributed by atoms with Crippen molar-refractivity contribution >= 4 is 11.8 Å². The third-order valence-electron chi connectivity index (χ3n) is 3.99. The zero-order chi connectivity index (χ0) is 17.2. The topological polar surface area (TPSA) is 58.2 Å². The molecular formula is C18H16F2N2O2. The van der Waals surface area contributed by atoms with Crippen LogP contribution in [0.4, 0.5) is 8.78 Å². The van der Waals surface area contributed by atoms with Gasteiger partial charge in [-0.25, -0.2) is 8.78 Å². The molecule has 2 amide bonds. The molecule has 3 rings (SSSR count). The number of halogens is 2. The quantitative estimate of drug-likeness (QED) is 0.885. The maximum Gasteiger partial charge on any atom is 0.251 e. The number of amides is 2. The van der Waals surface area contributed by atoms with E-state index in [0.717, 1.165) is 30.5 Å². The van der Waals surface area contributed by atoms with Crippen LogP contribution in [0.25, 0.3) is 0 Å². The van der Waals surface area contributed by atoms with Gasteiger partial charge < -0.3 is 10.6 Å². The fraction of sp³-hybridized carbons (Fsp3) is 0.222. The van der Waals surface area contributed by atoms with Crippen LogP contribution in [-0.4, -0.2) is 18.4 Å². The molecule has 6 heteroatoms. The molecule has 2 aromatic rings. The molecular weight excluding hydrogens is 314 g/mol. The van der Waals surface area contributed by atoms with Crippen LogP contribution in [-0.2, 0) is 10.3 Å². The average Bonchev–Trinajstić information content (AvgIpc) is 3.33. The molecule has 0 heterocycles. The first-order valence-electron chi connectivity index (χ1n) is 7.59. The first-order valence-corrected chi connectivity index (χ1v) is 7.59. The number of benzene rings is 2. The van der Waals surface area contributed by atoms with Crippen molar-refractivity contribution in [2.75, 3.05) is 6.54 Å². The minimum atomic E-state index is -0.842. The summed E-state index contributed by atoms with van der Waals surface area (Å²) in [7, 11) is 0. The first-order chi connectivity index (χ1) is 11.5. The Bertz CT molecular complexity index is 754. The molecule has 0 unspecified atom stereocenters. The van der Waals surface area contributed by atoms with Crippen molar-refractivity contribution in [1.29, 1.82) is 0 Å². The summed E-state index contributed by atoms with van der Waals surface area (Å²) in [6.45, 7) is -0.258. The first kappa shape index (κ1) is 16.1. The molecule has 1 saturated carbocycles. The number of nitrogens with one attached hydrogen (secondary N) is 2. The molecule has 0 saturated heterocycles. The molecule has 0 aromatic heterocycles. The lowest BCUT2D eigenvalue weighted by Crippen LogP contribution is -2.42. The average molecular weight is 330 g/mol. The summed E-state index contributed by atoms with van der Waals surface area (Å²) in [6.07, 6.45) is 1.68. The van der Waals surface area contributed by atoms with Gasteiger partial charge in [0.2, 0.25) is 5.91 Å². The van der Waals surface area contributed by atoms with Crippen molar-refractivity contribution in [2.24, 2.45) is 0 Å². The van der Waals surface area contributed by atoms with Gasteiger partial charge >= 0.3 is 0 Å². The van der Waals surface area contributed by atoms with E-state index in [-0.39, 0.29) is 23.6 Å². The highest BCUT2D eigenvalue weighted by molar-refractivity contribution is 5.96. The van der Waals surface area contributed by atoms with Gasteiger partial charge in [-0.3, -0.25) is 9.59 Å². The van der Waals surface area contributed by atoms with Crippen LogP contribution in [0.3, 0.4) is 0 Å². The Morgan fingerprint density at radius 3 is 2.21 bits per heavy atom. The molecule has 0 radical (unpaired) electrons. The van der Waals surface area contributed by atoms with Gasteiger partial charge in [0.25, 0.3) is 5.91 Å². The lowest BCUT2D eigenvalue weighted by Gasteiger charge is -2.18. The second-order valence-electron chi connectivity index (χ2n) is 5.84. The van der Waals surface area contributed by atoms with E-state index < -0.39 is 17.5 Å². The summed E-state index contributed by atoms with van der Waals surface area (Å²) >= 11 is 0. The molecule has 2 aromatic carbocycles. The van der Waals surface area contributed by atoms with Crippen LogP contribution in [0.15, 0.2) is 48.5 Å². The summed E-state index contributed by atoms with van der Waals surface area (Å²) in [5.41, 5.74) is 0.495. The van der Waals surface area contributed by atoms with Crippen LogP contribution in [0.5, 0.6) is 0 Å². The third kappa shape index (κ3) is 3.59. The van der Waals surface area contributed by atoms with E-state index in [1.807, 2.05) is 30.3 Å². The van der Waals surface area contributed by atoms with Crippen LogP contribution in [0, 0.1) is 11.6 Å². The maximum atomic E-state index is 13.1. The predicted molar refractivity (Wildman–Crippen MR) is 84.2 cm³/mol. The van der Waals surface area contributed by atoms with Gasteiger partial charge in [0.15, 0.2) is 0 Å². The van der Waals surface area contributed by atoms with E-state index in [1.54, 1.807) is 0 Å². The zero-order valence-corrected chi connectivity index (χ0v) is 12.8. The van der Waals surface area contributed by atoms with Gasteiger partial charge in [-0.05, 0) is 30.5 Å². The standard InChI is InChI=1S/C18H16F2N2O2/c19-14-8-12(9-15(20)10-14)17(24)21-11-16(23)22-18(6-7-18)13-4-2-1-3-5-13/h1-5,8-10H,6-7,11H2,(H,21,24)(H,22,23). The minimum Gasteiger partial charge on any atom is -0.345 e. The SMILES string of the molecule is O=C(CNC(=O)c1cc(F)cc(F)c1)NC1(c2ccccc2)CC1. The highest BCUT2D eigenvalue weighted by Crippen LogP contribution is 2.45. The van der Waals surface area contributed by atoms with E-state index in [0.29, 0.717) is 6.07 Å². The normalized spacial score (nSPS) is 14.8. The van der Waals surface area contributed by atoms with E-state index in [9.17, 15) is 18.4 Å². The summed E-state index contributed by atoms with van der Waals surface area (Å²) < 4.78 is 26.2. The van der Waals surface area contributed by atoms with Crippen LogP contribution < -0.4 is 10.6 Å². The monoisotopic (exact) mass is 330 g/mol. The summed E-state index contributed by atoms with van der Waals surface area (Å²) in [6, 6.07) is 12.1. The van der Waals surface area contributed by atoms with Gasteiger partial charge in [0, 0.05) is 11.6 Å². The lowest BCUT2D eigenvalue weighted by atomic mass is 10.1. The van der Waals surface area contributed by atoms with E-state index >= 15 is 0 Å². The highest BCUT2D eigenvalue weighted by Gasteiger charge is 2.45. The Morgan fingerprint density at radius 1 is 1.00 bits per heavy atom. The largest absolute Gasteiger partial charge is 0.345 e. The van der Waals surface area contributed by atoms with Crippen molar-refractivity contribution in [3.05, 3.63) is 71.3 Å². The molecule has 124 valence electrons. The Morgan fingerprint density at radius 2 is 1.62 bits per heavy atom. The van der Waals surface area contributed by atoms with Crippen LogP contribution >= 0.6 is 0 Å². The van der Waals surface area contributed by atoms with Gasteiger partial charge in [-0.15, -0.1) is 0 Å².